The van der Waals surface area contributed by atoms with Crippen LogP contribution in [0.5, 0.6) is 5.75 Å². The van der Waals surface area contributed by atoms with Gasteiger partial charge in [-0.3, -0.25) is 9.59 Å². The molecule has 2 aromatic carbocycles. The molecule has 2 N–H and O–H groups in total. The van der Waals surface area contributed by atoms with Crippen molar-refractivity contribution < 1.29 is 24.2 Å². The first-order chi connectivity index (χ1) is 12.1. The van der Waals surface area contributed by atoms with Crippen LogP contribution in [0.4, 0.5) is 5.69 Å². The van der Waals surface area contributed by atoms with Crippen LogP contribution in [0.2, 0.25) is 0 Å². The third-order valence-corrected chi connectivity index (χ3v) is 3.79. The molecule has 0 saturated carbocycles. The van der Waals surface area contributed by atoms with E-state index in [0.717, 1.165) is 0 Å². The highest BCUT2D eigenvalue weighted by molar-refractivity contribution is 6.06. The van der Waals surface area contributed by atoms with E-state index < -0.39 is 11.4 Å². The summed E-state index contributed by atoms with van der Waals surface area (Å²) in [6.07, 6.45) is 0. The minimum Gasteiger partial charge on any atom is -0.495 e. The lowest BCUT2D eigenvalue weighted by atomic mass is 9.86. The number of Topliss-reactive ketones (excluding diaryl/α,β-unsaturated/α-hetero) is 1. The fourth-order valence-corrected chi connectivity index (χ4v) is 2.33. The fourth-order valence-electron chi connectivity index (χ4n) is 2.33. The van der Waals surface area contributed by atoms with Gasteiger partial charge in [-0.15, -0.1) is 0 Å². The van der Waals surface area contributed by atoms with Gasteiger partial charge in [0.25, 0.3) is 5.91 Å². The molecule has 2 aromatic rings. The van der Waals surface area contributed by atoms with Crippen LogP contribution in [-0.4, -0.2) is 29.9 Å². The summed E-state index contributed by atoms with van der Waals surface area (Å²) in [6.45, 7) is 5.51. The topological polar surface area (TPSA) is 92.7 Å². The van der Waals surface area contributed by atoms with Crippen LogP contribution in [0.3, 0.4) is 0 Å². The highest BCUT2D eigenvalue weighted by atomic mass is 16.5. The Hall–Kier alpha value is -3.15. The summed E-state index contributed by atoms with van der Waals surface area (Å²) in [6, 6.07) is 10.6. The maximum Gasteiger partial charge on any atom is 0.335 e. The normalized spacial score (nSPS) is 10.9. The summed E-state index contributed by atoms with van der Waals surface area (Å²) in [5.74, 6) is -1.23. The SMILES string of the molecule is COc1cc(C(=O)O)ccc1NC(=O)c1ccc(C(=O)C(C)(C)C)cc1. The molecule has 26 heavy (non-hydrogen) atoms. The number of benzene rings is 2. The van der Waals surface area contributed by atoms with Crippen molar-refractivity contribution in [1.29, 1.82) is 0 Å². The Morgan fingerprint density at radius 2 is 1.46 bits per heavy atom. The third-order valence-electron chi connectivity index (χ3n) is 3.79. The molecule has 0 aromatic heterocycles. The second-order valence-corrected chi connectivity index (χ2v) is 6.83. The summed E-state index contributed by atoms with van der Waals surface area (Å²) < 4.78 is 5.14. The van der Waals surface area contributed by atoms with Crippen molar-refractivity contribution >= 4 is 23.3 Å². The minimum atomic E-state index is -1.08. The first kappa shape index (κ1) is 19.2. The maximum absolute atomic E-state index is 12.4. The Balaban J connectivity index is 2.20. The van der Waals surface area contributed by atoms with Crippen molar-refractivity contribution in [3.05, 3.63) is 59.2 Å². The molecular weight excluding hydrogens is 334 g/mol. The molecule has 0 aliphatic carbocycles. The van der Waals surface area contributed by atoms with Gasteiger partial charge in [-0.2, -0.15) is 0 Å². The van der Waals surface area contributed by atoms with Crippen molar-refractivity contribution in [3.8, 4) is 5.75 Å². The second-order valence-electron chi connectivity index (χ2n) is 6.83. The number of ether oxygens (including phenoxy) is 1. The molecule has 0 fully saturated rings. The summed E-state index contributed by atoms with van der Waals surface area (Å²) in [7, 11) is 1.39. The summed E-state index contributed by atoms with van der Waals surface area (Å²) in [5.41, 5.74) is 0.836. The summed E-state index contributed by atoms with van der Waals surface area (Å²) >= 11 is 0. The molecule has 0 bridgehead atoms. The number of hydrogen-bond donors (Lipinski definition) is 2. The predicted octanol–water partition coefficient (Wildman–Crippen LogP) is 3.87. The van der Waals surface area contributed by atoms with Gasteiger partial charge in [-0.1, -0.05) is 32.9 Å². The Labute approximate surface area is 151 Å². The Morgan fingerprint density at radius 3 is 1.96 bits per heavy atom. The van der Waals surface area contributed by atoms with Crippen LogP contribution in [0, 0.1) is 5.41 Å². The molecule has 0 unspecified atom stereocenters. The number of anilines is 1. The van der Waals surface area contributed by atoms with E-state index >= 15 is 0 Å². The molecular formula is C20H21NO5. The van der Waals surface area contributed by atoms with Gasteiger partial charge in [0.15, 0.2) is 5.78 Å². The molecule has 0 radical (unpaired) electrons. The Bertz CT molecular complexity index is 847. The van der Waals surface area contributed by atoms with Gasteiger partial charge >= 0.3 is 5.97 Å². The smallest absolute Gasteiger partial charge is 0.335 e. The van der Waals surface area contributed by atoms with Crippen molar-refractivity contribution in [2.24, 2.45) is 5.41 Å². The average Bonchev–Trinajstić information content (AvgIpc) is 2.60. The van der Waals surface area contributed by atoms with Gasteiger partial charge in [-0.25, -0.2) is 4.79 Å². The number of aromatic carboxylic acids is 1. The molecule has 0 atom stereocenters. The largest absolute Gasteiger partial charge is 0.495 e. The van der Waals surface area contributed by atoms with Crippen LogP contribution in [0.25, 0.3) is 0 Å². The van der Waals surface area contributed by atoms with Gasteiger partial charge in [0.2, 0.25) is 0 Å². The first-order valence-corrected chi connectivity index (χ1v) is 8.01. The number of ketones is 1. The molecule has 1 amide bonds. The second kappa shape index (κ2) is 7.39. The van der Waals surface area contributed by atoms with Gasteiger partial charge in [0, 0.05) is 16.5 Å². The highest BCUT2D eigenvalue weighted by Gasteiger charge is 2.23. The van der Waals surface area contributed by atoms with E-state index in [1.54, 1.807) is 24.3 Å². The monoisotopic (exact) mass is 355 g/mol. The first-order valence-electron chi connectivity index (χ1n) is 8.01. The Kier molecular flexibility index (Phi) is 5.45. The lowest BCUT2D eigenvalue weighted by molar-refractivity contribution is 0.0696. The van der Waals surface area contributed by atoms with E-state index in [9.17, 15) is 14.4 Å². The van der Waals surface area contributed by atoms with Crippen molar-refractivity contribution in [1.82, 2.24) is 0 Å². The quantitative estimate of drug-likeness (QED) is 0.794. The van der Waals surface area contributed by atoms with Crippen LogP contribution in [0.15, 0.2) is 42.5 Å². The van der Waals surface area contributed by atoms with Crippen LogP contribution < -0.4 is 10.1 Å². The zero-order valence-corrected chi connectivity index (χ0v) is 15.1. The maximum atomic E-state index is 12.4. The zero-order chi connectivity index (χ0) is 19.5. The average molecular weight is 355 g/mol. The van der Waals surface area contributed by atoms with E-state index in [0.29, 0.717) is 16.8 Å². The summed E-state index contributed by atoms with van der Waals surface area (Å²) in [4.78, 5) is 35.7. The van der Waals surface area contributed by atoms with Gasteiger partial charge in [0.1, 0.15) is 5.75 Å². The van der Waals surface area contributed by atoms with Gasteiger partial charge < -0.3 is 15.2 Å². The van der Waals surface area contributed by atoms with E-state index in [-0.39, 0.29) is 23.0 Å². The lowest BCUT2D eigenvalue weighted by Crippen LogP contribution is -2.20. The molecule has 2 rings (SSSR count). The number of hydrogen-bond acceptors (Lipinski definition) is 4. The number of amides is 1. The van der Waals surface area contributed by atoms with Crippen LogP contribution in [0.1, 0.15) is 51.8 Å². The van der Waals surface area contributed by atoms with Crippen molar-refractivity contribution in [3.63, 3.8) is 0 Å². The minimum absolute atomic E-state index is 0.00427. The molecule has 0 aliphatic heterocycles. The zero-order valence-electron chi connectivity index (χ0n) is 15.1. The van der Waals surface area contributed by atoms with Gasteiger partial charge in [0.05, 0.1) is 18.4 Å². The van der Waals surface area contributed by atoms with Gasteiger partial charge in [-0.05, 0) is 30.3 Å². The molecule has 0 heterocycles. The van der Waals surface area contributed by atoms with Crippen LogP contribution in [-0.2, 0) is 0 Å². The molecule has 6 heteroatoms. The number of carbonyl (C=O) groups excluding carboxylic acids is 2. The molecule has 6 nitrogen and oxygen atoms in total. The van der Waals surface area contributed by atoms with Crippen molar-refractivity contribution in [2.45, 2.75) is 20.8 Å². The lowest BCUT2D eigenvalue weighted by Gasteiger charge is -2.16. The van der Waals surface area contributed by atoms with Crippen LogP contribution >= 0.6 is 0 Å². The number of rotatable bonds is 5. The number of carboxylic acid groups (broad SMARTS) is 1. The van der Waals surface area contributed by atoms with Crippen molar-refractivity contribution in [2.75, 3.05) is 12.4 Å². The van der Waals surface area contributed by atoms with E-state index in [4.69, 9.17) is 9.84 Å². The number of carboxylic acids is 1. The molecule has 136 valence electrons. The third kappa shape index (κ3) is 4.27. The Morgan fingerprint density at radius 1 is 0.923 bits per heavy atom. The van der Waals surface area contributed by atoms with E-state index in [2.05, 4.69) is 5.32 Å². The molecule has 0 aliphatic rings. The number of carbonyl (C=O) groups is 3. The molecule has 0 spiro atoms. The number of nitrogens with one attached hydrogen (secondary N) is 1. The van der Waals surface area contributed by atoms with E-state index in [1.165, 1.54) is 25.3 Å². The fraction of sp³-hybridized carbons (Fsp3) is 0.250. The van der Waals surface area contributed by atoms with E-state index in [1.807, 2.05) is 20.8 Å². The highest BCUT2D eigenvalue weighted by Crippen LogP contribution is 2.26. The molecule has 0 saturated heterocycles. The standard InChI is InChI=1S/C20H21NO5/c1-20(2,3)17(22)12-5-7-13(8-6-12)18(23)21-15-10-9-14(19(24)25)11-16(15)26-4/h5-11H,1-4H3,(H,21,23)(H,24,25). The number of methoxy groups -OCH3 is 1. The predicted molar refractivity (Wildman–Crippen MR) is 98.1 cm³/mol. The summed E-state index contributed by atoms with van der Waals surface area (Å²) in [5, 5.41) is 11.7.